The Balaban J connectivity index is 1.50. The molecule has 4 aromatic rings. The number of thiophene rings is 1. The summed E-state index contributed by atoms with van der Waals surface area (Å²) in [5.41, 5.74) is 2.24. The first-order valence-electron chi connectivity index (χ1n) is 9.17. The summed E-state index contributed by atoms with van der Waals surface area (Å²) >= 11 is 2.94. The molecule has 0 saturated carbocycles. The Morgan fingerprint density at radius 1 is 1.10 bits per heavy atom. The molecular weight excluding hydrogens is 414 g/mol. The maximum Gasteiger partial charge on any atom is 0.234 e. The first-order chi connectivity index (χ1) is 14.7. The van der Waals surface area contributed by atoms with Crippen molar-refractivity contribution in [2.45, 2.75) is 11.7 Å². The summed E-state index contributed by atoms with van der Waals surface area (Å²) < 4.78 is 2.04. The maximum absolute atomic E-state index is 12.4. The van der Waals surface area contributed by atoms with Gasteiger partial charge in [0.1, 0.15) is 0 Å². The van der Waals surface area contributed by atoms with E-state index in [4.69, 9.17) is 5.26 Å². The normalized spacial score (nSPS) is 10.5. The lowest BCUT2D eigenvalue weighted by Crippen LogP contribution is -2.15. The quantitative estimate of drug-likeness (QED) is 0.430. The number of anilines is 1. The van der Waals surface area contributed by atoms with E-state index in [1.165, 1.54) is 11.8 Å². The monoisotopic (exact) mass is 431 g/mol. The van der Waals surface area contributed by atoms with Crippen molar-refractivity contribution in [3.05, 3.63) is 83.2 Å². The Morgan fingerprint density at radius 3 is 2.73 bits per heavy atom. The molecule has 8 heteroatoms. The van der Waals surface area contributed by atoms with E-state index in [1.807, 2.05) is 40.3 Å². The third-order valence-corrected chi connectivity index (χ3v) is 6.08. The summed E-state index contributed by atoms with van der Waals surface area (Å²) in [5.74, 6) is 0.814. The fourth-order valence-corrected chi connectivity index (χ4v) is 4.34. The summed E-state index contributed by atoms with van der Waals surface area (Å²) in [7, 11) is 0. The number of benzene rings is 2. The van der Waals surface area contributed by atoms with Gasteiger partial charge in [-0.15, -0.1) is 21.5 Å². The standard InChI is InChI=1S/C22H17N5OS2/c23-13-17-8-4-9-18(12-17)24-20(28)15-30-22-26-25-21(19-10-5-11-29-19)27(22)14-16-6-2-1-3-7-16/h1-12H,14-15H2,(H,24,28). The van der Waals surface area contributed by atoms with Crippen molar-refractivity contribution < 1.29 is 4.79 Å². The SMILES string of the molecule is N#Cc1cccc(NC(=O)CSc2nnc(-c3cccs3)n2Cc2ccccc2)c1. The number of hydrogen-bond acceptors (Lipinski definition) is 6. The minimum Gasteiger partial charge on any atom is -0.325 e. The van der Waals surface area contributed by atoms with Crippen LogP contribution in [-0.2, 0) is 11.3 Å². The molecule has 0 aliphatic rings. The highest BCUT2D eigenvalue weighted by atomic mass is 32.2. The smallest absolute Gasteiger partial charge is 0.234 e. The van der Waals surface area contributed by atoms with Gasteiger partial charge in [0.05, 0.1) is 28.8 Å². The molecule has 148 valence electrons. The summed E-state index contributed by atoms with van der Waals surface area (Å²) in [6.07, 6.45) is 0. The number of amides is 1. The third kappa shape index (κ3) is 4.76. The van der Waals surface area contributed by atoms with Crippen molar-refractivity contribution in [1.82, 2.24) is 14.8 Å². The van der Waals surface area contributed by atoms with Crippen LogP contribution in [-0.4, -0.2) is 26.4 Å². The van der Waals surface area contributed by atoms with Gasteiger partial charge in [-0.2, -0.15) is 5.26 Å². The molecule has 0 spiro atoms. The number of nitriles is 1. The van der Waals surface area contributed by atoms with E-state index in [-0.39, 0.29) is 11.7 Å². The fraction of sp³-hybridized carbons (Fsp3) is 0.0909. The molecule has 0 aliphatic heterocycles. The van der Waals surface area contributed by atoms with E-state index in [9.17, 15) is 4.79 Å². The number of carbonyl (C=O) groups is 1. The van der Waals surface area contributed by atoms with Crippen molar-refractivity contribution in [2.24, 2.45) is 0 Å². The number of nitrogens with zero attached hydrogens (tertiary/aromatic N) is 4. The lowest BCUT2D eigenvalue weighted by Gasteiger charge is -2.10. The number of hydrogen-bond donors (Lipinski definition) is 1. The number of carbonyl (C=O) groups excluding carboxylic acids is 1. The van der Waals surface area contributed by atoms with Crippen molar-refractivity contribution in [2.75, 3.05) is 11.1 Å². The van der Waals surface area contributed by atoms with Crippen LogP contribution in [0.2, 0.25) is 0 Å². The number of nitrogens with one attached hydrogen (secondary N) is 1. The maximum atomic E-state index is 12.4. The molecule has 2 heterocycles. The zero-order valence-corrected chi connectivity index (χ0v) is 17.5. The summed E-state index contributed by atoms with van der Waals surface area (Å²) in [5, 5.41) is 23.2. The van der Waals surface area contributed by atoms with E-state index in [2.05, 4.69) is 33.7 Å². The lowest BCUT2D eigenvalue weighted by atomic mass is 10.2. The van der Waals surface area contributed by atoms with Gasteiger partial charge in [0.15, 0.2) is 11.0 Å². The van der Waals surface area contributed by atoms with E-state index >= 15 is 0 Å². The Hall–Kier alpha value is -3.41. The lowest BCUT2D eigenvalue weighted by molar-refractivity contribution is -0.113. The summed E-state index contributed by atoms with van der Waals surface area (Å²) in [6.45, 7) is 0.620. The van der Waals surface area contributed by atoms with Gasteiger partial charge < -0.3 is 5.32 Å². The molecular formula is C22H17N5OS2. The first kappa shape index (κ1) is 19.9. The van der Waals surface area contributed by atoms with Crippen LogP contribution in [0.1, 0.15) is 11.1 Å². The van der Waals surface area contributed by atoms with E-state index in [1.54, 1.807) is 35.6 Å². The average molecular weight is 432 g/mol. The van der Waals surface area contributed by atoms with Gasteiger partial charge in [0, 0.05) is 5.69 Å². The summed E-state index contributed by atoms with van der Waals surface area (Å²) in [6, 6.07) is 23.0. The average Bonchev–Trinajstić information content (AvgIpc) is 3.43. The van der Waals surface area contributed by atoms with Gasteiger partial charge in [-0.25, -0.2) is 0 Å². The molecule has 1 N–H and O–H groups in total. The minimum atomic E-state index is -0.165. The molecule has 0 aliphatic carbocycles. The molecule has 0 unspecified atom stereocenters. The van der Waals surface area contributed by atoms with Gasteiger partial charge in [-0.05, 0) is 35.2 Å². The van der Waals surface area contributed by atoms with Gasteiger partial charge in [-0.1, -0.05) is 54.2 Å². The van der Waals surface area contributed by atoms with E-state index in [0.717, 1.165) is 16.3 Å². The van der Waals surface area contributed by atoms with Crippen molar-refractivity contribution in [3.8, 4) is 16.8 Å². The van der Waals surface area contributed by atoms with Crippen LogP contribution in [0.4, 0.5) is 5.69 Å². The second kappa shape index (κ2) is 9.39. The van der Waals surface area contributed by atoms with Crippen LogP contribution in [0.15, 0.2) is 77.3 Å². The van der Waals surface area contributed by atoms with Gasteiger partial charge in [0.2, 0.25) is 5.91 Å². The second-order valence-electron chi connectivity index (χ2n) is 6.38. The van der Waals surface area contributed by atoms with E-state index < -0.39 is 0 Å². The van der Waals surface area contributed by atoms with Gasteiger partial charge in [0.25, 0.3) is 0 Å². The molecule has 4 rings (SSSR count). The number of aromatic nitrogens is 3. The van der Waals surface area contributed by atoms with Crippen molar-refractivity contribution in [3.63, 3.8) is 0 Å². The van der Waals surface area contributed by atoms with Crippen LogP contribution in [0, 0.1) is 11.3 Å². The Kier molecular flexibility index (Phi) is 6.23. The van der Waals surface area contributed by atoms with Gasteiger partial charge in [-0.3, -0.25) is 9.36 Å². The third-order valence-electron chi connectivity index (χ3n) is 4.25. The fourth-order valence-electron chi connectivity index (χ4n) is 2.89. The molecule has 6 nitrogen and oxygen atoms in total. The zero-order valence-electron chi connectivity index (χ0n) is 15.9. The number of thioether (sulfide) groups is 1. The van der Waals surface area contributed by atoms with Crippen LogP contribution in [0.25, 0.3) is 10.7 Å². The van der Waals surface area contributed by atoms with Crippen LogP contribution < -0.4 is 5.32 Å². The molecule has 1 amide bonds. The van der Waals surface area contributed by atoms with Crippen molar-refractivity contribution >= 4 is 34.7 Å². The molecule has 2 aromatic carbocycles. The van der Waals surface area contributed by atoms with Crippen LogP contribution >= 0.6 is 23.1 Å². The van der Waals surface area contributed by atoms with Crippen LogP contribution in [0.3, 0.4) is 0 Å². The predicted molar refractivity (Wildman–Crippen MR) is 119 cm³/mol. The highest BCUT2D eigenvalue weighted by Gasteiger charge is 2.17. The number of rotatable bonds is 7. The highest BCUT2D eigenvalue weighted by molar-refractivity contribution is 7.99. The van der Waals surface area contributed by atoms with Crippen molar-refractivity contribution in [1.29, 1.82) is 5.26 Å². The molecule has 30 heavy (non-hydrogen) atoms. The minimum absolute atomic E-state index is 0.165. The highest BCUT2D eigenvalue weighted by Crippen LogP contribution is 2.28. The first-order valence-corrected chi connectivity index (χ1v) is 11.0. The predicted octanol–water partition coefficient (Wildman–Crippen LogP) is 4.66. The molecule has 0 saturated heterocycles. The Bertz CT molecular complexity index is 1180. The molecule has 2 aromatic heterocycles. The Morgan fingerprint density at radius 2 is 1.97 bits per heavy atom. The Labute approximate surface area is 182 Å². The molecule has 0 atom stereocenters. The second-order valence-corrected chi connectivity index (χ2v) is 8.27. The molecule has 0 radical (unpaired) electrons. The molecule has 0 bridgehead atoms. The van der Waals surface area contributed by atoms with Crippen LogP contribution in [0.5, 0.6) is 0 Å². The van der Waals surface area contributed by atoms with E-state index in [0.29, 0.717) is 23.0 Å². The zero-order chi connectivity index (χ0) is 20.8. The summed E-state index contributed by atoms with van der Waals surface area (Å²) in [4.78, 5) is 13.5. The van der Waals surface area contributed by atoms with Gasteiger partial charge >= 0.3 is 0 Å². The largest absolute Gasteiger partial charge is 0.325 e. The topological polar surface area (TPSA) is 83.6 Å². The molecule has 0 fully saturated rings.